The third kappa shape index (κ3) is 3.05. The van der Waals surface area contributed by atoms with E-state index in [0.717, 1.165) is 55.3 Å². The third-order valence-corrected chi connectivity index (χ3v) is 6.82. The number of aliphatic hydroxyl groups excluding tert-OH is 1. The van der Waals surface area contributed by atoms with Gasteiger partial charge in [0.25, 0.3) is 0 Å². The second-order valence-electron chi connectivity index (χ2n) is 8.46. The Morgan fingerprint density at radius 2 is 2.04 bits per heavy atom. The number of aliphatic hydroxyl groups is 1. The van der Waals surface area contributed by atoms with E-state index in [1.54, 1.807) is 0 Å². The topological polar surface area (TPSA) is 68.3 Å². The molecule has 2 unspecified atom stereocenters. The van der Waals surface area contributed by atoms with Crippen molar-refractivity contribution in [1.82, 2.24) is 19.9 Å². The number of pyridine rings is 2. The minimum Gasteiger partial charge on any atom is -0.378 e. The van der Waals surface area contributed by atoms with Gasteiger partial charge in [-0.15, -0.1) is 0 Å². The highest BCUT2D eigenvalue weighted by Crippen LogP contribution is 2.34. The number of aromatic nitrogens is 3. The summed E-state index contributed by atoms with van der Waals surface area (Å²) in [5, 5.41) is 13.2. The van der Waals surface area contributed by atoms with Gasteiger partial charge in [0, 0.05) is 48.0 Å². The second-order valence-corrected chi connectivity index (χ2v) is 8.46. The zero-order chi connectivity index (χ0) is 19.1. The van der Waals surface area contributed by atoms with Gasteiger partial charge in [0.1, 0.15) is 6.23 Å². The molecule has 5 rings (SSSR count). The average molecular weight is 380 g/mol. The maximum atomic E-state index is 10.9. The fraction of sp³-hybridized carbons (Fsp3) is 0.545. The van der Waals surface area contributed by atoms with Crippen LogP contribution in [0, 0.1) is 5.92 Å². The lowest BCUT2D eigenvalue weighted by Crippen LogP contribution is -2.51. The first-order valence-electron chi connectivity index (χ1n) is 10.6. The van der Waals surface area contributed by atoms with Crippen LogP contribution in [0.3, 0.4) is 0 Å². The van der Waals surface area contributed by atoms with Gasteiger partial charge in [-0.25, -0.2) is 9.97 Å². The predicted molar refractivity (Wildman–Crippen MR) is 112 cm³/mol. The standard InChI is InChI=1S/C22H29N5O/c1-26(22(28)15-5-2-3-6-15)16-7-4-12-27(14-16)19-9-11-23-18-13-25-21-17(20(18)19)8-10-24-21/h8-11,13,15-16,22-23,28H,2-7,12,14H2,1H3. The molecule has 2 aliphatic rings. The largest absolute Gasteiger partial charge is 0.378 e. The van der Waals surface area contributed by atoms with Gasteiger partial charge in [0.2, 0.25) is 0 Å². The molecule has 4 heterocycles. The number of rotatable bonds is 4. The van der Waals surface area contributed by atoms with E-state index in [1.165, 1.54) is 23.9 Å². The molecule has 2 N–H and O–H groups in total. The normalized spacial score (nSPS) is 22.5. The second kappa shape index (κ2) is 7.33. The van der Waals surface area contributed by atoms with Gasteiger partial charge < -0.3 is 15.0 Å². The van der Waals surface area contributed by atoms with E-state index in [9.17, 15) is 5.11 Å². The first-order chi connectivity index (χ1) is 13.7. The molecule has 0 bridgehead atoms. The van der Waals surface area contributed by atoms with Crippen molar-refractivity contribution in [2.75, 3.05) is 25.0 Å². The molecule has 1 saturated carbocycles. The lowest BCUT2D eigenvalue weighted by molar-refractivity contribution is -0.0483. The number of likely N-dealkylation sites (N-methyl/N-ethyl adjacent to an activating group) is 1. The number of aromatic amines is 1. The summed E-state index contributed by atoms with van der Waals surface area (Å²) in [5.74, 6) is 0.439. The molecule has 0 spiro atoms. The molecule has 6 heteroatoms. The van der Waals surface area contributed by atoms with E-state index >= 15 is 0 Å². The Bertz CT molecular complexity index is 964. The number of H-pyrrole nitrogens is 1. The number of nitrogens with one attached hydrogen (secondary N) is 1. The fourth-order valence-corrected chi connectivity index (χ4v) is 5.21. The molecule has 28 heavy (non-hydrogen) atoms. The van der Waals surface area contributed by atoms with Crippen LogP contribution in [-0.2, 0) is 0 Å². The van der Waals surface area contributed by atoms with Crippen LogP contribution in [0.1, 0.15) is 38.5 Å². The summed E-state index contributed by atoms with van der Waals surface area (Å²) in [5.41, 5.74) is 3.08. The summed E-state index contributed by atoms with van der Waals surface area (Å²) in [7, 11) is 2.11. The van der Waals surface area contributed by atoms with E-state index in [0.29, 0.717) is 12.0 Å². The average Bonchev–Trinajstić information content (AvgIpc) is 3.44. The van der Waals surface area contributed by atoms with Gasteiger partial charge in [0.05, 0.1) is 11.7 Å². The summed E-state index contributed by atoms with van der Waals surface area (Å²) in [4.78, 5) is 16.9. The van der Waals surface area contributed by atoms with E-state index in [2.05, 4.69) is 43.9 Å². The number of hydrogen-bond donors (Lipinski definition) is 2. The highest BCUT2D eigenvalue weighted by atomic mass is 16.3. The molecule has 1 aliphatic carbocycles. The lowest BCUT2D eigenvalue weighted by Gasteiger charge is -2.42. The highest BCUT2D eigenvalue weighted by molar-refractivity contribution is 6.09. The van der Waals surface area contributed by atoms with Gasteiger partial charge in [0.15, 0.2) is 5.65 Å². The number of hydrogen-bond acceptors (Lipinski definition) is 5. The van der Waals surface area contributed by atoms with Crippen molar-refractivity contribution in [1.29, 1.82) is 0 Å². The predicted octanol–water partition coefficient (Wildman–Crippen LogP) is 3.52. The summed E-state index contributed by atoms with van der Waals surface area (Å²) >= 11 is 0. The van der Waals surface area contributed by atoms with Crippen molar-refractivity contribution in [2.24, 2.45) is 5.92 Å². The molecule has 2 atom stereocenters. The van der Waals surface area contributed by atoms with Crippen molar-refractivity contribution in [3.05, 3.63) is 30.7 Å². The van der Waals surface area contributed by atoms with Crippen LogP contribution in [0.4, 0.5) is 5.69 Å². The number of piperidine rings is 1. The molecule has 2 fully saturated rings. The Labute approximate surface area is 165 Å². The molecule has 1 aliphatic heterocycles. The van der Waals surface area contributed by atoms with Crippen LogP contribution >= 0.6 is 0 Å². The minimum absolute atomic E-state index is 0.316. The van der Waals surface area contributed by atoms with Gasteiger partial charge in [-0.1, -0.05) is 12.8 Å². The van der Waals surface area contributed by atoms with Crippen molar-refractivity contribution >= 4 is 27.6 Å². The van der Waals surface area contributed by atoms with Crippen LogP contribution < -0.4 is 4.90 Å². The van der Waals surface area contributed by atoms with E-state index in [1.807, 2.05) is 18.6 Å². The zero-order valence-corrected chi connectivity index (χ0v) is 16.5. The molecule has 0 radical (unpaired) electrons. The van der Waals surface area contributed by atoms with Gasteiger partial charge >= 0.3 is 0 Å². The SMILES string of the molecule is CN(C1CCCN(c2cc[nH]c3cnc4nccc4c23)C1)C(O)C1CCCC1. The monoisotopic (exact) mass is 379 g/mol. The van der Waals surface area contributed by atoms with E-state index < -0.39 is 0 Å². The number of nitrogens with zero attached hydrogens (tertiary/aromatic N) is 4. The van der Waals surface area contributed by atoms with Crippen LogP contribution in [0.5, 0.6) is 0 Å². The quantitative estimate of drug-likeness (QED) is 0.679. The maximum absolute atomic E-state index is 10.9. The van der Waals surface area contributed by atoms with E-state index in [-0.39, 0.29) is 6.23 Å². The molecule has 3 aromatic heterocycles. The lowest BCUT2D eigenvalue weighted by atomic mass is 9.99. The first-order valence-corrected chi connectivity index (χ1v) is 10.6. The number of fused-ring (bicyclic) bond motifs is 3. The molecule has 148 valence electrons. The molecular weight excluding hydrogens is 350 g/mol. The first kappa shape index (κ1) is 17.9. The Morgan fingerprint density at radius 1 is 1.18 bits per heavy atom. The van der Waals surface area contributed by atoms with Crippen molar-refractivity contribution in [3.8, 4) is 0 Å². The Kier molecular flexibility index (Phi) is 4.69. The number of anilines is 1. The van der Waals surface area contributed by atoms with Crippen molar-refractivity contribution < 1.29 is 5.11 Å². The smallest absolute Gasteiger partial charge is 0.159 e. The van der Waals surface area contributed by atoms with Crippen molar-refractivity contribution in [3.63, 3.8) is 0 Å². The summed E-state index contributed by atoms with van der Waals surface area (Å²) in [6.07, 6.45) is 12.5. The Hall–Kier alpha value is -2.18. The van der Waals surface area contributed by atoms with Gasteiger partial charge in [-0.2, -0.15) is 0 Å². The summed E-state index contributed by atoms with van der Waals surface area (Å²) in [6, 6.07) is 4.60. The third-order valence-electron chi connectivity index (χ3n) is 6.82. The zero-order valence-electron chi connectivity index (χ0n) is 16.5. The molecule has 0 amide bonds. The molecular formula is C22H29N5O. The maximum Gasteiger partial charge on any atom is 0.159 e. The van der Waals surface area contributed by atoms with Crippen LogP contribution in [-0.4, -0.2) is 57.4 Å². The van der Waals surface area contributed by atoms with Crippen LogP contribution in [0.2, 0.25) is 0 Å². The molecule has 0 aromatic carbocycles. The van der Waals surface area contributed by atoms with Gasteiger partial charge in [-0.3, -0.25) is 4.90 Å². The molecule has 6 nitrogen and oxygen atoms in total. The highest BCUT2D eigenvalue weighted by Gasteiger charge is 2.32. The van der Waals surface area contributed by atoms with Crippen molar-refractivity contribution in [2.45, 2.75) is 50.8 Å². The Balaban J connectivity index is 1.44. The Morgan fingerprint density at radius 3 is 2.89 bits per heavy atom. The van der Waals surface area contributed by atoms with Gasteiger partial charge in [-0.05, 0) is 50.8 Å². The minimum atomic E-state index is -0.316. The summed E-state index contributed by atoms with van der Waals surface area (Å²) < 4.78 is 0. The van der Waals surface area contributed by atoms with Crippen LogP contribution in [0.25, 0.3) is 21.9 Å². The van der Waals surface area contributed by atoms with E-state index in [4.69, 9.17) is 0 Å². The fourth-order valence-electron chi connectivity index (χ4n) is 5.21. The summed E-state index contributed by atoms with van der Waals surface area (Å²) in [6.45, 7) is 1.98. The molecule has 3 aromatic rings. The molecule has 1 saturated heterocycles. The van der Waals surface area contributed by atoms with Crippen LogP contribution in [0.15, 0.2) is 30.7 Å².